The molecule has 8 heteroatoms. The lowest BCUT2D eigenvalue weighted by atomic mass is 10.4. The zero-order valence-corrected chi connectivity index (χ0v) is 7.40. The van der Waals surface area contributed by atoms with Gasteiger partial charge < -0.3 is 0 Å². The van der Waals surface area contributed by atoms with E-state index in [1.165, 1.54) is 0 Å². The first-order valence-electron chi connectivity index (χ1n) is 2.51. The van der Waals surface area contributed by atoms with Crippen LogP contribution in [0, 0.1) is 0 Å². The summed E-state index contributed by atoms with van der Waals surface area (Å²) in [6.07, 6.45) is -11.6. The minimum Gasteiger partial charge on any atom is -0.262 e. The summed E-state index contributed by atoms with van der Waals surface area (Å²) >= 11 is 2.27. The van der Waals surface area contributed by atoms with E-state index >= 15 is 0 Å². The third-order valence-electron chi connectivity index (χ3n) is 0.954. The van der Waals surface area contributed by atoms with Crippen LogP contribution in [-0.4, -0.2) is 18.9 Å². The summed E-state index contributed by atoms with van der Waals surface area (Å²) < 4.78 is 54.9. The highest BCUT2D eigenvalue weighted by atomic mass is 79.9. The van der Waals surface area contributed by atoms with Gasteiger partial charge in [-0.05, 0) is 0 Å². The predicted octanol–water partition coefficient (Wildman–Crippen LogP) is 2.47. The van der Waals surface area contributed by atoms with Gasteiger partial charge in [-0.1, -0.05) is 0 Å². The predicted molar refractivity (Wildman–Crippen MR) is 33.4 cm³/mol. The highest BCUT2D eigenvalue weighted by Crippen LogP contribution is 2.61. The molecule has 1 saturated heterocycles. The lowest BCUT2D eigenvalue weighted by Gasteiger charge is -2.26. The Morgan fingerprint density at radius 2 is 1.55 bits per heavy atom. The van der Waals surface area contributed by atoms with Gasteiger partial charge in [-0.2, -0.15) is 0 Å². The Labute approximate surface area is 68.1 Å². The van der Waals surface area contributed by atoms with E-state index in [2.05, 4.69) is 24.5 Å². The van der Waals surface area contributed by atoms with Crippen molar-refractivity contribution in [2.75, 3.05) is 0 Å². The van der Waals surface area contributed by atoms with Gasteiger partial charge in [-0.3, -0.25) is 9.05 Å². The molecule has 3 nitrogen and oxygen atoms in total. The van der Waals surface area contributed by atoms with E-state index < -0.39 is 25.2 Å². The zero-order chi connectivity index (χ0) is 8.65. The van der Waals surface area contributed by atoms with Crippen molar-refractivity contribution in [3.63, 3.8) is 0 Å². The molecule has 1 aliphatic rings. The first-order chi connectivity index (χ1) is 4.92. The van der Waals surface area contributed by atoms with Crippen LogP contribution in [0.4, 0.5) is 13.2 Å². The van der Waals surface area contributed by atoms with Crippen LogP contribution in [0.1, 0.15) is 0 Å². The fourth-order valence-electron chi connectivity index (χ4n) is 0.501. The van der Waals surface area contributed by atoms with Crippen molar-refractivity contribution < 1.29 is 26.8 Å². The van der Waals surface area contributed by atoms with Gasteiger partial charge in [0.1, 0.15) is 0 Å². The van der Waals surface area contributed by atoms with E-state index in [9.17, 15) is 17.7 Å². The van der Waals surface area contributed by atoms with Gasteiger partial charge in [0.05, 0.1) is 0 Å². The van der Waals surface area contributed by atoms with E-state index in [1.807, 2.05) is 0 Å². The molecule has 0 spiro atoms. The maximum Gasteiger partial charge on any atom is 0.401 e. The molecule has 0 saturated carbocycles. The molecule has 11 heavy (non-hydrogen) atoms. The van der Waals surface area contributed by atoms with Gasteiger partial charge in [0.25, 0.3) is 0 Å². The number of rotatable bonds is 0. The maximum atomic E-state index is 12.2. The van der Waals surface area contributed by atoms with E-state index in [4.69, 9.17) is 0 Å². The maximum absolute atomic E-state index is 12.2. The molecular weight excluding hydrogens is 252 g/mol. The second-order valence-corrected chi connectivity index (χ2v) is 5.68. The molecule has 2 unspecified atom stereocenters. The monoisotopic (exact) mass is 254 g/mol. The Kier molecular flexibility index (Phi) is 2.63. The van der Waals surface area contributed by atoms with Crippen molar-refractivity contribution in [3.8, 4) is 0 Å². The van der Waals surface area contributed by atoms with Crippen molar-refractivity contribution in [2.45, 2.75) is 18.9 Å². The fourth-order valence-corrected chi connectivity index (χ4v) is 2.22. The van der Waals surface area contributed by atoms with Crippen molar-refractivity contribution >= 4 is 21.8 Å². The molecule has 0 aliphatic carbocycles. The number of hydrogen-bond donors (Lipinski definition) is 0. The summed E-state index contributed by atoms with van der Waals surface area (Å²) in [6.45, 7) is 0. The van der Waals surface area contributed by atoms with Crippen molar-refractivity contribution in [1.82, 2.24) is 0 Å². The zero-order valence-electron chi connectivity index (χ0n) is 4.92. The van der Waals surface area contributed by atoms with Crippen LogP contribution in [0.15, 0.2) is 0 Å². The minimum absolute atomic E-state index is 2.27. The van der Waals surface area contributed by atoms with Gasteiger partial charge in [0.15, 0.2) is 0 Å². The Balaban J connectivity index is 2.70. The van der Waals surface area contributed by atoms with Gasteiger partial charge in [-0.15, -0.1) is 0 Å². The van der Waals surface area contributed by atoms with Crippen LogP contribution < -0.4 is 0 Å². The van der Waals surface area contributed by atoms with Crippen LogP contribution in [0.25, 0.3) is 0 Å². The summed E-state index contributed by atoms with van der Waals surface area (Å²) in [5.74, 6) is 0. The van der Waals surface area contributed by atoms with E-state index in [-0.39, 0.29) is 0 Å². The van der Waals surface area contributed by atoms with Crippen LogP contribution in [0.5, 0.6) is 0 Å². The smallest absolute Gasteiger partial charge is 0.262 e. The second-order valence-electron chi connectivity index (χ2n) is 1.79. The highest BCUT2D eigenvalue weighted by Gasteiger charge is 2.45. The summed E-state index contributed by atoms with van der Waals surface area (Å²) in [5, 5.41) is 0. The Morgan fingerprint density at radius 1 is 1.18 bits per heavy atom. The lowest BCUT2D eigenvalue weighted by molar-refractivity contribution is -0.137. The molecule has 1 aliphatic heterocycles. The third-order valence-corrected chi connectivity index (χ3v) is 2.86. The number of halogens is 4. The summed E-state index contributed by atoms with van der Waals surface area (Å²) in [6, 6.07) is 0. The molecular formula is C3H3BrF3O3P. The summed E-state index contributed by atoms with van der Waals surface area (Å²) in [7, 11) is 0. The van der Waals surface area contributed by atoms with E-state index in [0.717, 1.165) is 0 Å². The first kappa shape index (κ1) is 9.51. The molecule has 1 rings (SSSR count). The normalized spacial score (nSPS) is 52.5. The standard InChI is InChI=1S/C3H3BrF3O3P/c4-11(8)9-2(6)1(5)3(7)10-11/h1-3H. The van der Waals surface area contributed by atoms with Crippen LogP contribution in [-0.2, 0) is 13.6 Å². The van der Waals surface area contributed by atoms with Gasteiger partial charge in [0.2, 0.25) is 18.9 Å². The quantitative estimate of drug-likeness (QED) is 0.623. The molecule has 0 bridgehead atoms. The van der Waals surface area contributed by atoms with Crippen molar-refractivity contribution in [1.29, 1.82) is 0 Å². The minimum atomic E-state index is -3.91. The van der Waals surface area contributed by atoms with Gasteiger partial charge in [-0.25, -0.2) is 17.7 Å². The average Bonchev–Trinajstić information content (AvgIpc) is 1.81. The van der Waals surface area contributed by atoms with Crippen molar-refractivity contribution in [2.24, 2.45) is 0 Å². The molecule has 0 amide bonds. The molecule has 1 heterocycles. The van der Waals surface area contributed by atoms with E-state index in [1.54, 1.807) is 0 Å². The molecule has 0 aromatic rings. The summed E-state index contributed by atoms with van der Waals surface area (Å²) in [4.78, 5) is 0. The SMILES string of the molecule is O=P1(Br)OC(F)C(F)C(F)O1. The summed E-state index contributed by atoms with van der Waals surface area (Å²) in [5.41, 5.74) is 0. The fraction of sp³-hybridized carbons (Fsp3) is 1.00. The van der Waals surface area contributed by atoms with Gasteiger partial charge in [0, 0.05) is 15.5 Å². The Morgan fingerprint density at radius 3 is 1.91 bits per heavy atom. The molecule has 0 aromatic heterocycles. The van der Waals surface area contributed by atoms with Crippen LogP contribution >= 0.6 is 21.8 Å². The number of alkyl halides is 3. The Hall–Kier alpha value is 0.420. The topological polar surface area (TPSA) is 35.5 Å². The van der Waals surface area contributed by atoms with Gasteiger partial charge >= 0.3 is 6.30 Å². The molecule has 0 radical (unpaired) electrons. The Bertz CT molecular complexity index is 186. The molecule has 1 fully saturated rings. The highest BCUT2D eigenvalue weighted by molar-refractivity contribution is 9.39. The third kappa shape index (κ3) is 2.18. The van der Waals surface area contributed by atoms with Crippen molar-refractivity contribution in [3.05, 3.63) is 0 Å². The molecule has 2 atom stereocenters. The first-order valence-corrected chi connectivity index (χ1v) is 6.07. The largest absolute Gasteiger partial charge is 0.401 e. The van der Waals surface area contributed by atoms with E-state index in [0.29, 0.717) is 0 Å². The lowest BCUT2D eigenvalue weighted by Crippen LogP contribution is -2.34. The molecule has 0 aromatic carbocycles. The van der Waals surface area contributed by atoms with Crippen LogP contribution in [0.3, 0.4) is 0 Å². The average molecular weight is 255 g/mol. The molecule has 0 N–H and O–H groups in total. The van der Waals surface area contributed by atoms with Crippen LogP contribution in [0.2, 0.25) is 0 Å². The molecule has 66 valence electrons. The number of hydrogen-bond acceptors (Lipinski definition) is 3. The second kappa shape index (κ2) is 3.05.